The molecule has 9 heavy (non-hydrogen) atoms. The summed E-state index contributed by atoms with van der Waals surface area (Å²) >= 11 is 0. The van der Waals surface area contributed by atoms with E-state index in [0.717, 1.165) is 6.42 Å². The Morgan fingerprint density at radius 3 is 2.56 bits per heavy atom. The third kappa shape index (κ3) is 1.20. The number of hydrogen-bond acceptors (Lipinski definition) is 2. The van der Waals surface area contributed by atoms with Crippen LogP contribution in [0.3, 0.4) is 0 Å². The lowest BCUT2D eigenvalue weighted by atomic mass is 10.0. The van der Waals surface area contributed by atoms with Crippen LogP contribution in [0.5, 0.6) is 0 Å². The number of rotatable bonds is 0. The maximum Gasteiger partial charge on any atom is 0.205 e. The second kappa shape index (κ2) is 1.97. The number of hydrogen-bond donors (Lipinski definition) is 2. The zero-order valence-electron chi connectivity index (χ0n) is 5.33. The van der Waals surface area contributed by atoms with Crippen molar-refractivity contribution in [2.24, 2.45) is 0 Å². The van der Waals surface area contributed by atoms with Gasteiger partial charge in [-0.1, -0.05) is 12.2 Å². The summed E-state index contributed by atoms with van der Waals surface area (Å²) < 4.78 is 0. The summed E-state index contributed by atoms with van der Waals surface area (Å²) in [6.45, 7) is 1.70. The summed E-state index contributed by atoms with van der Waals surface area (Å²) in [7, 11) is 0. The van der Waals surface area contributed by atoms with Crippen LogP contribution in [-0.4, -0.2) is 16.0 Å². The minimum absolute atomic E-state index is 0.602. The SMILES string of the molecule is CC1=CCC=CC1(O)O. The van der Waals surface area contributed by atoms with Gasteiger partial charge in [-0.15, -0.1) is 0 Å². The standard InChI is InChI=1S/C7H10O2/c1-6-4-2-3-5-7(6,8)9/h3-5,8-9H,2H2,1H3. The van der Waals surface area contributed by atoms with Gasteiger partial charge in [-0.3, -0.25) is 0 Å². The van der Waals surface area contributed by atoms with Gasteiger partial charge in [-0.25, -0.2) is 0 Å². The lowest BCUT2D eigenvalue weighted by molar-refractivity contribution is -0.0855. The molecule has 2 N–H and O–H groups in total. The molecule has 1 aliphatic rings. The van der Waals surface area contributed by atoms with Crippen molar-refractivity contribution in [1.29, 1.82) is 0 Å². The third-order valence-corrected chi connectivity index (χ3v) is 1.49. The van der Waals surface area contributed by atoms with Crippen LogP contribution in [0.2, 0.25) is 0 Å². The zero-order chi connectivity index (χ0) is 6.91. The Kier molecular flexibility index (Phi) is 1.43. The summed E-state index contributed by atoms with van der Waals surface area (Å²) in [4.78, 5) is 0. The maximum atomic E-state index is 9.04. The van der Waals surface area contributed by atoms with Crippen molar-refractivity contribution in [3.63, 3.8) is 0 Å². The molecule has 1 aliphatic carbocycles. The van der Waals surface area contributed by atoms with Gasteiger partial charge < -0.3 is 10.2 Å². The van der Waals surface area contributed by atoms with E-state index in [1.54, 1.807) is 19.1 Å². The normalized spacial score (nSPS) is 23.7. The van der Waals surface area contributed by atoms with Crippen LogP contribution in [0.25, 0.3) is 0 Å². The van der Waals surface area contributed by atoms with E-state index in [9.17, 15) is 0 Å². The van der Waals surface area contributed by atoms with E-state index in [4.69, 9.17) is 10.2 Å². The zero-order valence-corrected chi connectivity index (χ0v) is 5.33. The number of aliphatic hydroxyl groups is 2. The summed E-state index contributed by atoms with van der Waals surface area (Å²) in [5, 5.41) is 18.1. The van der Waals surface area contributed by atoms with Crippen LogP contribution in [0.4, 0.5) is 0 Å². The van der Waals surface area contributed by atoms with Gasteiger partial charge in [-0.05, 0) is 25.0 Å². The Morgan fingerprint density at radius 1 is 1.56 bits per heavy atom. The van der Waals surface area contributed by atoms with Gasteiger partial charge in [0.15, 0.2) is 0 Å². The molecule has 0 aromatic carbocycles. The molecule has 2 heteroatoms. The van der Waals surface area contributed by atoms with Crippen molar-refractivity contribution in [3.8, 4) is 0 Å². The second-order valence-corrected chi connectivity index (χ2v) is 2.25. The van der Waals surface area contributed by atoms with E-state index in [-0.39, 0.29) is 0 Å². The molecule has 0 atom stereocenters. The Hall–Kier alpha value is -0.600. The first-order valence-corrected chi connectivity index (χ1v) is 2.92. The van der Waals surface area contributed by atoms with E-state index in [2.05, 4.69) is 0 Å². The molecule has 0 heterocycles. The minimum atomic E-state index is -1.68. The first-order valence-electron chi connectivity index (χ1n) is 2.92. The van der Waals surface area contributed by atoms with E-state index >= 15 is 0 Å². The lowest BCUT2D eigenvalue weighted by Gasteiger charge is -2.20. The van der Waals surface area contributed by atoms with Gasteiger partial charge in [0.05, 0.1) is 0 Å². The van der Waals surface area contributed by atoms with Gasteiger partial charge in [0.1, 0.15) is 0 Å². The monoisotopic (exact) mass is 126 g/mol. The van der Waals surface area contributed by atoms with Crippen molar-refractivity contribution >= 4 is 0 Å². The molecular weight excluding hydrogens is 116 g/mol. The Morgan fingerprint density at radius 2 is 2.22 bits per heavy atom. The van der Waals surface area contributed by atoms with Gasteiger partial charge in [0, 0.05) is 0 Å². The van der Waals surface area contributed by atoms with Crippen LogP contribution >= 0.6 is 0 Å². The number of allylic oxidation sites excluding steroid dienone is 2. The Bertz CT molecular complexity index is 166. The van der Waals surface area contributed by atoms with Crippen LogP contribution in [0.15, 0.2) is 23.8 Å². The van der Waals surface area contributed by atoms with Crippen molar-refractivity contribution in [2.45, 2.75) is 19.1 Å². The van der Waals surface area contributed by atoms with Crippen LogP contribution in [-0.2, 0) is 0 Å². The molecule has 0 aromatic rings. The van der Waals surface area contributed by atoms with Crippen molar-refractivity contribution < 1.29 is 10.2 Å². The fourth-order valence-corrected chi connectivity index (χ4v) is 0.759. The van der Waals surface area contributed by atoms with Crippen molar-refractivity contribution in [2.75, 3.05) is 0 Å². The largest absolute Gasteiger partial charge is 0.359 e. The average Bonchev–Trinajstić information content (AvgIpc) is 1.77. The quantitative estimate of drug-likeness (QED) is 0.368. The predicted octanol–water partition coefficient (Wildman–Crippen LogP) is 0.573. The molecule has 2 nitrogen and oxygen atoms in total. The fourth-order valence-electron chi connectivity index (χ4n) is 0.759. The first kappa shape index (κ1) is 6.52. The molecule has 0 spiro atoms. The summed E-state index contributed by atoms with van der Waals surface area (Å²) in [6.07, 6.45) is 5.71. The first-order chi connectivity index (χ1) is 4.13. The average molecular weight is 126 g/mol. The van der Waals surface area contributed by atoms with Gasteiger partial charge in [0.25, 0.3) is 0 Å². The molecule has 0 aliphatic heterocycles. The molecule has 0 radical (unpaired) electrons. The molecule has 0 aromatic heterocycles. The molecule has 0 bridgehead atoms. The second-order valence-electron chi connectivity index (χ2n) is 2.25. The molecule has 1 rings (SSSR count). The highest BCUT2D eigenvalue weighted by Crippen LogP contribution is 2.19. The fraction of sp³-hybridized carbons (Fsp3) is 0.429. The van der Waals surface area contributed by atoms with Crippen molar-refractivity contribution in [1.82, 2.24) is 0 Å². The minimum Gasteiger partial charge on any atom is -0.359 e. The molecule has 0 amide bonds. The molecule has 50 valence electrons. The molecule has 0 unspecified atom stereocenters. The third-order valence-electron chi connectivity index (χ3n) is 1.49. The molecule has 0 saturated heterocycles. The van der Waals surface area contributed by atoms with Crippen molar-refractivity contribution in [3.05, 3.63) is 23.8 Å². The summed E-state index contributed by atoms with van der Waals surface area (Å²) in [5.41, 5.74) is 0.602. The highest BCUT2D eigenvalue weighted by molar-refractivity contribution is 5.23. The summed E-state index contributed by atoms with van der Waals surface area (Å²) in [6, 6.07) is 0. The van der Waals surface area contributed by atoms with E-state index < -0.39 is 5.79 Å². The van der Waals surface area contributed by atoms with E-state index in [1.807, 2.05) is 0 Å². The van der Waals surface area contributed by atoms with Crippen LogP contribution in [0.1, 0.15) is 13.3 Å². The van der Waals surface area contributed by atoms with E-state index in [0.29, 0.717) is 5.57 Å². The van der Waals surface area contributed by atoms with Gasteiger partial charge >= 0.3 is 0 Å². The highest BCUT2D eigenvalue weighted by atomic mass is 16.5. The predicted molar refractivity (Wildman–Crippen MR) is 34.7 cm³/mol. The van der Waals surface area contributed by atoms with E-state index in [1.165, 1.54) is 6.08 Å². The smallest absolute Gasteiger partial charge is 0.205 e. The topological polar surface area (TPSA) is 40.5 Å². The Labute approximate surface area is 54.1 Å². The summed E-state index contributed by atoms with van der Waals surface area (Å²) in [5.74, 6) is -1.68. The van der Waals surface area contributed by atoms with Crippen LogP contribution < -0.4 is 0 Å². The Balaban J connectivity index is 2.83. The maximum absolute atomic E-state index is 9.04. The lowest BCUT2D eigenvalue weighted by Crippen LogP contribution is -2.27. The molecule has 0 saturated carbocycles. The molecular formula is C7H10O2. The van der Waals surface area contributed by atoms with Crippen LogP contribution in [0, 0.1) is 0 Å². The van der Waals surface area contributed by atoms with Gasteiger partial charge in [-0.2, -0.15) is 0 Å². The van der Waals surface area contributed by atoms with Gasteiger partial charge in [0.2, 0.25) is 5.79 Å². The molecule has 0 fully saturated rings. The highest BCUT2D eigenvalue weighted by Gasteiger charge is 2.22.